The lowest BCUT2D eigenvalue weighted by Gasteiger charge is -2.25. The Hall–Kier alpha value is -9.84. The number of aryl methyl sites for hydroxylation is 2. The predicted molar refractivity (Wildman–Crippen MR) is 357 cm³/mol. The van der Waals surface area contributed by atoms with Gasteiger partial charge in [-0.2, -0.15) is 10.2 Å². The molecule has 9 heterocycles. The van der Waals surface area contributed by atoms with E-state index in [2.05, 4.69) is 66.9 Å². The van der Waals surface area contributed by atoms with Crippen LogP contribution in [0, 0.1) is 13.8 Å². The molecule has 8 aromatic rings. The second-order valence-corrected chi connectivity index (χ2v) is 25.0. The van der Waals surface area contributed by atoms with Crippen molar-refractivity contribution >= 4 is 81.1 Å². The maximum Gasteiger partial charge on any atom is 0.326 e. The highest BCUT2D eigenvalue weighted by Gasteiger charge is 2.53. The number of nitrogens with one attached hydrogen (secondary N) is 7. The van der Waals surface area contributed by atoms with Gasteiger partial charge < -0.3 is 46.1 Å². The largest absolute Gasteiger partial charge is 0.480 e. The number of H-pyrrole nitrogens is 2. The lowest BCUT2D eigenvalue weighted by molar-refractivity contribution is -0.139. The number of nitrogens with zero attached hydrogens (tertiary/aromatic N) is 7. The molecule has 5 bridgehead atoms. The molecule has 23 nitrogen and oxygen atoms in total. The molecule has 4 atom stereocenters. The van der Waals surface area contributed by atoms with E-state index in [1.165, 1.54) is 6.20 Å². The van der Waals surface area contributed by atoms with E-state index >= 15 is 0 Å². The van der Waals surface area contributed by atoms with Crippen molar-refractivity contribution in [3.05, 3.63) is 176 Å². The summed E-state index contributed by atoms with van der Waals surface area (Å²) in [5.41, 5.74) is 10.9. The quantitative estimate of drug-likeness (QED) is 0.0428. The van der Waals surface area contributed by atoms with Gasteiger partial charge in [0.15, 0.2) is 0 Å². The fourth-order valence-electron chi connectivity index (χ4n) is 13.4. The second kappa shape index (κ2) is 28.6. The van der Waals surface area contributed by atoms with Crippen LogP contribution in [0.15, 0.2) is 97.9 Å². The molecule has 2 aromatic carbocycles. The lowest BCUT2D eigenvalue weighted by atomic mass is 9.79. The topological polar surface area (TPSA) is 313 Å². The molecule has 0 saturated carbocycles. The van der Waals surface area contributed by atoms with Crippen LogP contribution in [0.25, 0.3) is 34.0 Å². The number of pyridine rings is 4. The number of amides is 5. The molecule has 3 aliphatic heterocycles. The van der Waals surface area contributed by atoms with E-state index in [9.17, 15) is 33.9 Å². The van der Waals surface area contributed by atoms with E-state index in [-0.39, 0.29) is 43.0 Å². The van der Waals surface area contributed by atoms with Crippen molar-refractivity contribution in [1.29, 1.82) is 0 Å². The zero-order chi connectivity index (χ0) is 64.8. The molecule has 13 rings (SSSR count). The number of carbonyl (C=O) groups is 6. The summed E-state index contributed by atoms with van der Waals surface area (Å²) in [6.45, 7) is 7.80. The molecule has 0 fully saturated rings. The molecule has 5 amide bonds. The number of fused-ring (bicyclic) bond motifs is 7. The zero-order valence-electron chi connectivity index (χ0n) is 52.6. The first-order chi connectivity index (χ1) is 45.1. The Morgan fingerprint density at radius 2 is 1.44 bits per heavy atom. The van der Waals surface area contributed by atoms with Gasteiger partial charge in [0, 0.05) is 111 Å². The SMILES string of the molecule is C.CNCCCCCOC/C=C/c1cnc2c(c1)[C@@]1(Cc3cc(C(=O)N[C@H](Cc4cc(C)c5[nH]ncc5c4)C(=O)O)cnc3C1)C(=O)N2.Cc1cc(C[C@H]2NC(=O)c3cnc4c(c3)C[C@@]3(C4)C(=O)Nc4ncc(cc43)/C=C/COCCCCCN(C)C2=O)cc2cn[nH]c12. The number of ether oxygens (including phenoxy) is 2. The van der Waals surface area contributed by atoms with Crippen molar-refractivity contribution in [2.45, 2.75) is 121 Å². The van der Waals surface area contributed by atoms with Gasteiger partial charge in [-0.3, -0.25) is 44.1 Å². The van der Waals surface area contributed by atoms with Gasteiger partial charge in [0.2, 0.25) is 17.7 Å². The number of rotatable bonds is 16. The van der Waals surface area contributed by atoms with Gasteiger partial charge >= 0.3 is 5.97 Å². The lowest BCUT2D eigenvalue weighted by Crippen LogP contribution is -2.48. The Balaban J connectivity index is 0.000000190. The summed E-state index contributed by atoms with van der Waals surface area (Å²) >= 11 is 0. The van der Waals surface area contributed by atoms with Gasteiger partial charge in [0.05, 0.1) is 58.6 Å². The maximum atomic E-state index is 13.8. The fourth-order valence-corrected chi connectivity index (χ4v) is 13.4. The van der Waals surface area contributed by atoms with Crippen LogP contribution in [0.4, 0.5) is 11.6 Å². The number of hydrogen-bond donors (Lipinski definition) is 8. The number of anilines is 2. The van der Waals surface area contributed by atoms with Crippen LogP contribution in [0.2, 0.25) is 0 Å². The molecule has 2 spiro atoms. The number of aromatic amines is 2. The van der Waals surface area contributed by atoms with Crippen molar-refractivity contribution in [2.24, 2.45) is 0 Å². The van der Waals surface area contributed by atoms with Gasteiger partial charge in [-0.15, -0.1) is 0 Å². The molecule has 2 aliphatic carbocycles. The summed E-state index contributed by atoms with van der Waals surface area (Å²) < 4.78 is 11.5. The highest BCUT2D eigenvalue weighted by atomic mass is 16.5. The summed E-state index contributed by atoms with van der Waals surface area (Å²) in [5, 5.41) is 40.6. The van der Waals surface area contributed by atoms with Crippen LogP contribution >= 0.6 is 0 Å². The first-order valence-electron chi connectivity index (χ1n) is 31.8. The third-order valence-corrected chi connectivity index (χ3v) is 18.4. The van der Waals surface area contributed by atoms with Crippen molar-refractivity contribution in [3.8, 4) is 0 Å². The third kappa shape index (κ3) is 13.9. The number of carboxylic acids is 1. The first-order valence-corrected chi connectivity index (χ1v) is 31.8. The number of likely N-dealkylation sites (N-methyl/N-ethyl adjacent to an activating group) is 1. The van der Waals surface area contributed by atoms with E-state index in [4.69, 9.17) is 9.47 Å². The summed E-state index contributed by atoms with van der Waals surface area (Å²) in [5.74, 6) is -1.39. The number of unbranched alkanes of at least 4 members (excludes halogenated alkanes) is 2. The molecular formula is C71H80N14O9. The number of carbonyl (C=O) groups excluding carboxylic acids is 5. The van der Waals surface area contributed by atoms with Gasteiger partial charge in [-0.25, -0.2) is 14.8 Å². The molecule has 23 heteroatoms. The molecule has 488 valence electrons. The predicted octanol–water partition coefficient (Wildman–Crippen LogP) is 7.79. The van der Waals surface area contributed by atoms with Crippen LogP contribution in [0.5, 0.6) is 0 Å². The van der Waals surface area contributed by atoms with Crippen LogP contribution in [-0.4, -0.2) is 152 Å². The monoisotopic (exact) mass is 1270 g/mol. The first kappa shape index (κ1) is 65.6. The molecule has 0 saturated heterocycles. The van der Waals surface area contributed by atoms with Gasteiger partial charge in [0.1, 0.15) is 23.7 Å². The Morgan fingerprint density at radius 1 is 0.766 bits per heavy atom. The fraction of sp³-hybridized carbons (Fsp3) is 0.380. The standard InChI is InChI=1S/C35H39N7O5.C35H37N7O4.CH4/c1-21-11-23(12-25-20-39-42-30(21)25)14-28(33(44)45)40-32(43)26-15-24-16-35(17-29(24)37-19-26)27-13-22(18-38-31(27)41-34(35)46)7-6-10-47-9-5-3-4-8-36-2;1-21-11-23(12-25-20-38-41-30(21)25)14-28-33(44)42(2)8-4-3-5-9-46-10-6-7-22-13-27-31(37-18-22)40-34(45)35(27)16-24-15-26(32(43)39-28)19-36-29(24)17-35;/h6-7,11-13,15,18-20,28,36H,3-5,8-10,14,16-17H2,1-2H3,(H,39,42)(H,40,43)(H,44,45)(H,38,41,46);6-7,11-13,15,18-20,28H,3-5,8-10,14,16-17H2,1-2H3,(H,38,41)(H,39,43)(H,37,40,45);1H4/b2*7-6+;/t2*28-,35+;/m11./s1. The average molecular weight is 1270 g/mol. The zero-order valence-corrected chi connectivity index (χ0v) is 52.6. The minimum absolute atomic E-state index is 0. The van der Waals surface area contributed by atoms with Crippen molar-refractivity contribution in [3.63, 3.8) is 0 Å². The number of aromatic nitrogens is 8. The molecule has 5 aliphatic rings. The van der Waals surface area contributed by atoms with Crippen LogP contribution in [0.1, 0.15) is 134 Å². The van der Waals surface area contributed by atoms with Crippen LogP contribution < -0.4 is 26.6 Å². The van der Waals surface area contributed by atoms with Crippen LogP contribution in [0.3, 0.4) is 0 Å². The Labute approximate surface area is 544 Å². The maximum absolute atomic E-state index is 13.8. The number of hydrogen-bond acceptors (Lipinski definition) is 15. The summed E-state index contributed by atoms with van der Waals surface area (Å²) in [6.07, 6.45) is 25.6. The Bertz CT molecular complexity index is 4270. The number of carboxylic acid groups (broad SMARTS) is 1. The van der Waals surface area contributed by atoms with E-state index in [0.29, 0.717) is 82.3 Å². The van der Waals surface area contributed by atoms with Crippen LogP contribution in [-0.2, 0) is 78.0 Å². The molecule has 8 N–H and O–H groups in total. The highest BCUT2D eigenvalue weighted by molar-refractivity contribution is 6.08. The number of aliphatic carboxylic acids is 1. The summed E-state index contributed by atoms with van der Waals surface area (Å²) in [7, 11) is 3.74. The number of benzene rings is 2. The molecule has 94 heavy (non-hydrogen) atoms. The van der Waals surface area contributed by atoms with Gasteiger partial charge in [-0.05, 0) is 160 Å². The smallest absolute Gasteiger partial charge is 0.326 e. The van der Waals surface area contributed by atoms with E-state index in [1.54, 1.807) is 49.0 Å². The second-order valence-electron chi connectivity index (χ2n) is 25.0. The molecular weight excluding hydrogens is 1190 g/mol. The normalized spacial score (nSPS) is 19.8. The average Bonchev–Trinajstić information content (AvgIpc) is 1.58. The van der Waals surface area contributed by atoms with Gasteiger partial charge in [-0.1, -0.05) is 43.9 Å². The Morgan fingerprint density at radius 3 is 2.15 bits per heavy atom. The molecule has 6 aromatic heterocycles. The molecule has 0 radical (unpaired) electrons. The van der Waals surface area contributed by atoms with E-state index < -0.39 is 34.8 Å². The Kier molecular flexibility index (Phi) is 20.0. The van der Waals surface area contributed by atoms with E-state index in [0.717, 1.165) is 134 Å². The van der Waals surface area contributed by atoms with Gasteiger partial charge in [0.25, 0.3) is 11.8 Å². The van der Waals surface area contributed by atoms with Crippen molar-refractivity contribution in [2.75, 3.05) is 64.2 Å². The minimum Gasteiger partial charge on any atom is -0.480 e. The third-order valence-electron chi connectivity index (χ3n) is 18.4. The van der Waals surface area contributed by atoms with Crippen molar-refractivity contribution in [1.82, 2.24) is 61.2 Å². The van der Waals surface area contributed by atoms with Crippen molar-refractivity contribution < 1.29 is 43.3 Å². The van der Waals surface area contributed by atoms with E-state index in [1.807, 2.05) is 87.7 Å². The highest BCUT2D eigenvalue weighted by Crippen LogP contribution is 2.48. The molecule has 0 unspecified atom stereocenters. The summed E-state index contributed by atoms with van der Waals surface area (Å²) in [4.78, 5) is 99.8. The minimum atomic E-state index is -1.15. The summed E-state index contributed by atoms with van der Waals surface area (Å²) in [6, 6.07) is 13.4.